The van der Waals surface area contributed by atoms with E-state index in [9.17, 15) is 18.4 Å². The minimum Gasteiger partial charge on any atom is -0.495 e. The average Bonchev–Trinajstić information content (AvgIpc) is 2.57. The van der Waals surface area contributed by atoms with Crippen molar-refractivity contribution in [1.29, 1.82) is 0 Å². The summed E-state index contributed by atoms with van der Waals surface area (Å²) in [7, 11) is 1.41. The lowest BCUT2D eigenvalue weighted by Gasteiger charge is -2.16. The van der Waals surface area contributed by atoms with Crippen LogP contribution < -0.4 is 10.1 Å². The second-order valence-electron chi connectivity index (χ2n) is 5.46. The summed E-state index contributed by atoms with van der Waals surface area (Å²) < 4.78 is 36.6. The minimum atomic E-state index is -1.23. The molecule has 1 atom stereocenters. The SMILES string of the molecule is COc1cc(Cl)c(C)cc1NC(=O)C(C)OC(=O)c1ccc(F)cc1F. The highest BCUT2D eigenvalue weighted by molar-refractivity contribution is 6.31. The molecule has 2 aromatic rings. The lowest BCUT2D eigenvalue weighted by atomic mass is 10.2. The Bertz CT molecular complexity index is 857. The summed E-state index contributed by atoms with van der Waals surface area (Å²) in [4.78, 5) is 24.2. The highest BCUT2D eigenvalue weighted by Crippen LogP contribution is 2.31. The van der Waals surface area contributed by atoms with E-state index in [0.717, 1.165) is 12.1 Å². The lowest BCUT2D eigenvalue weighted by Crippen LogP contribution is -2.30. The maximum atomic E-state index is 13.6. The third-order valence-electron chi connectivity index (χ3n) is 3.54. The van der Waals surface area contributed by atoms with Gasteiger partial charge in [0.05, 0.1) is 18.4 Å². The van der Waals surface area contributed by atoms with Crippen LogP contribution in [-0.4, -0.2) is 25.1 Å². The minimum absolute atomic E-state index is 0.331. The number of amides is 1. The van der Waals surface area contributed by atoms with Gasteiger partial charge >= 0.3 is 5.97 Å². The number of methoxy groups -OCH3 is 1. The summed E-state index contributed by atoms with van der Waals surface area (Å²) in [5.74, 6) is -3.30. The summed E-state index contributed by atoms with van der Waals surface area (Å²) in [5, 5.41) is 3.02. The Morgan fingerprint density at radius 3 is 2.50 bits per heavy atom. The summed E-state index contributed by atoms with van der Waals surface area (Å²) >= 11 is 6.00. The number of carbonyl (C=O) groups excluding carboxylic acids is 2. The maximum absolute atomic E-state index is 13.6. The van der Waals surface area contributed by atoms with Crippen LogP contribution in [0, 0.1) is 18.6 Å². The first-order valence-corrected chi connectivity index (χ1v) is 7.91. The smallest absolute Gasteiger partial charge is 0.341 e. The largest absolute Gasteiger partial charge is 0.495 e. The molecule has 0 bridgehead atoms. The van der Waals surface area contributed by atoms with E-state index in [0.29, 0.717) is 28.1 Å². The van der Waals surface area contributed by atoms with Gasteiger partial charge in [-0.2, -0.15) is 0 Å². The number of nitrogens with one attached hydrogen (secondary N) is 1. The highest BCUT2D eigenvalue weighted by atomic mass is 35.5. The molecule has 0 heterocycles. The molecule has 1 N–H and O–H groups in total. The van der Waals surface area contributed by atoms with Crippen molar-refractivity contribution in [2.75, 3.05) is 12.4 Å². The molecule has 0 aliphatic heterocycles. The quantitative estimate of drug-likeness (QED) is 0.789. The second kappa shape index (κ2) is 8.14. The Labute approximate surface area is 153 Å². The number of carbonyl (C=O) groups is 2. The van der Waals surface area contributed by atoms with Gasteiger partial charge in [0.1, 0.15) is 17.4 Å². The summed E-state index contributed by atoms with van der Waals surface area (Å²) in [6, 6.07) is 5.57. The van der Waals surface area contributed by atoms with Gasteiger partial charge in [-0.3, -0.25) is 4.79 Å². The Morgan fingerprint density at radius 2 is 1.88 bits per heavy atom. The number of rotatable bonds is 5. The number of hydrogen-bond donors (Lipinski definition) is 1. The highest BCUT2D eigenvalue weighted by Gasteiger charge is 2.22. The van der Waals surface area contributed by atoms with Gasteiger partial charge in [-0.15, -0.1) is 0 Å². The third-order valence-corrected chi connectivity index (χ3v) is 3.95. The number of benzene rings is 2. The van der Waals surface area contributed by atoms with Gasteiger partial charge in [0.25, 0.3) is 5.91 Å². The molecule has 138 valence electrons. The first-order chi connectivity index (χ1) is 12.2. The predicted molar refractivity (Wildman–Crippen MR) is 92.6 cm³/mol. The van der Waals surface area contributed by atoms with E-state index in [4.69, 9.17) is 21.1 Å². The Morgan fingerprint density at radius 1 is 1.19 bits per heavy atom. The summed E-state index contributed by atoms with van der Waals surface area (Å²) in [5.41, 5.74) is 0.585. The molecule has 0 radical (unpaired) electrons. The fourth-order valence-corrected chi connectivity index (χ4v) is 2.25. The molecule has 8 heteroatoms. The van der Waals surface area contributed by atoms with Crippen LogP contribution in [0.4, 0.5) is 14.5 Å². The Balaban J connectivity index is 2.10. The van der Waals surface area contributed by atoms with Crippen molar-refractivity contribution in [1.82, 2.24) is 0 Å². The van der Waals surface area contributed by atoms with Gasteiger partial charge in [-0.05, 0) is 37.6 Å². The monoisotopic (exact) mass is 383 g/mol. The van der Waals surface area contributed by atoms with E-state index >= 15 is 0 Å². The fraction of sp³-hybridized carbons (Fsp3) is 0.222. The number of esters is 1. The van der Waals surface area contributed by atoms with Crippen LogP contribution in [0.3, 0.4) is 0 Å². The summed E-state index contributed by atoms with van der Waals surface area (Å²) in [6.07, 6.45) is -1.23. The van der Waals surface area contributed by atoms with Gasteiger partial charge in [-0.1, -0.05) is 11.6 Å². The van der Waals surface area contributed by atoms with Crippen LogP contribution in [0.25, 0.3) is 0 Å². The first kappa shape index (κ1) is 19.7. The zero-order valence-electron chi connectivity index (χ0n) is 14.2. The Kier molecular flexibility index (Phi) is 6.15. The Hall–Kier alpha value is -2.67. The molecule has 0 saturated carbocycles. The zero-order chi connectivity index (χ0) is 19.4. The number of halogens is 3. The number of ether oxygens (including phenoxy) is 2. The molecule has 2 rings (SSSR count). The van der Waals surface area contributed by atoms with Crippen LogP contribution in [0.1, 0.15) is 22.8 Å². The molecule has 1 amide bonds. The fourth-order valence-electron chi connectivity index (χ4n) is 2.10. The second-order valence-corrected chi connectivity index (χ2v) is 5.87. The molecule has 26 heavy (non-hydrogen) atoms. The molecule has 5 nitrogen and oxygen atoms in total. The molecule has 1 unspecified atom stereocenters. The predicted octanol–water partition coefficient (Wildman–Crippen LogP) is 4.12. The molecule has 0 aliphatic carbocycles. The van der Waals surface area contributed by atoms with Crippen LogP contribution in [0.15, 0.2) is 30.3 Å². The van der Waals surface area contributed by atoms with Crippen LogP contribution in [0.5, 0.6) is 5.75 Å². The van der Waals surface area contributed by atoms with E-state index in [2.05, 4.69) is 5.32 Å². The number of anilines is 1. The maximum Gasteiger partial charge on any atom is 0.341 e. The van der Waals surface area contributed by atoms with E-state index < -0.39 is 35.2 Å². The summed E-state index contributed by atoms with van der Waals surface area (Å²) in [6.45, 7) is 3.07. The number of aryl methyl sites for hydroxylation is 1. The van der Waals surface area contributed by atoms with Gasteiger partial charge < -0.3 is 14.8 Å². The molecular formula is C18H16ClF2NO4. The van der Waals surface area contributed by atoms with Crippen molar-refractivity contribution in [2.24, 2.45) is 0 Å². The van der Waals surface area contributed by atoms with E-state index in [-0.39, 0.29) is 0 Å². The lowest BCUT2D eigenvalue weighted by molar-refractivity contribution is -0.123. The normalized spacial score (nSPS) is 11.6. The molecule has 0 aliphatic rings. The van der Waals surface area contributed by atoms with E-state index in [1.54, 1.807) is 13.0 Å². The van der Waals surface area contributed by atoms with Crippen molar-refractivity contribution in [3.8, 4) is 5.75 Å². The standard InChI is InChI=1S/C18H16ClF2NO4/c1-9-6-15(16(25-3)8-13(9)19)22-17(23)10(2)26-18(24)12-5-4-11(20)7-14(12)21/h4-8,10H,1-3H3,(H,22,23). The average molecular weight is 384 g/mol. The van der Waals surface area contributed by atoms with Crippen LogP contribution >= 0.6 is 11.6 Å². The van der Waals surface area contributed by atoms with E-state index in [1.807, 2.05) is 0 Å². The molecule has 2 aromatic carbocycles. The van der Waals surface area contributed by atoms with Crippen molar-refractivity contribution in [3.63, 3.8) is 0 Å². The van der Waals surface area contributed by atoms with Gasteiger partial charge in [0.2, 0.25) is 0 Å². The van der Waals surface area contributed by atoms with Crippen LogP contribution in [0.2, 0.25) is 5.02 Å². The van der Waals surface area contributed by atoms with Gasteiger partial charge in [-0.25, -0.2) is 13.6 Å². The van der Waals surface area contributed by atoms with Gasteiger partial charge in [0.15, 0.2) is 6.10 Å². The van der Waals surface area contributed by atoms with Gasteiger partial charge in [0, 0.05) is 17.2 Å². The van der Waals surface area contributed by atoms with E-state index in [1.165, 1.54) is 20.1 Å². The van der Waals surface area contributed by atoms with Crippen molar-refractivity contribution in [2.45, 2.75) is 20.0 Å². The zero-order valence-corrected chi connectivity index (χ0v) is 15.0. The van der Waals surface area contributed by atoms with Crippen molar-refractivity contribution < 1.29 is 27.8 Å². The molecular weight excluding hydrogens is 368 g/mol. The molecule has 0 spiro atoms. The van der Waals surface area contributed by atoms with Crippen LogP contribution in [-0.2, 0) is 9.53 Å². The van der Waals surface area contributed by atoms with Crippen molar-refractivity contribution in [3.05, 3.63) is 58.1 Å². The van der Waals surface area contributed by atoms with Crippen molar-refractivity contribution >= 4 is 29.2 Å². The number of hydrogen-bond acceptors (Lipinski definition) is 4. The molecule has 0 fully saturated rings. The topological polar surface area (TPSA) is 64.6 Å². The third kappa shape index (κ3) is 4.49. The molecule has 0 aromatic heterocycles. The molecule has 0 saturated heterocycles. The first-order valence-electron chi connectivity index (χ1n) is 7.54.